The van der Waals surface area contributed by atoms with E-state index in [1.165, 1.54) is 14.2 Å². The highest BCUT2D eigenvalue weighted by Gasteiger charge is 2.39. The minimum absolute atomic E-state index is 0.104. The average molecular weight is 789 g/mol. The standard InChI is InChI=1S/C44H52N8O6/c1-25(2)37(49-43(55)57-5)41(53)51-19-7-9-35(51)39-45-23-33(47-39)28-13-11-27(12-14-28)29-15-16-31-22-32(18-17-30(31)21-29)34-24-46-40(48-34)36-10-8-20-52(36)42(54)38(26(3)4)50-44(56)58-6/h11-18,21-26,35-38H,7-10,19-20H2,1-6H3,(H,45,47)(H,46,48)(H,49,55)(H,50,56)/t35-,36-,37+,38+/m0/s1. The Bertz CT molecular complexity index is 2280. The number of carbonyl (C=O) groups is 4. The smallest absolute Gasteiger partial charge is 0.407 e. The first-order chi connectivity index (χ1) is 27.9. The second kappa shape index (κ2) is 17.1. The molecule has 2 fully saturated rings. The minimum Gasteiger partial charge on any atom is -0.453 e. The summed E-state index contributed by atoms with van der Waals surface area (Å²) in [6.45, 7) is 8.81. The molecule has 4 atom stereocenters. The van der Waals surface area contributed by atoms with Crippen LogP contribution >= 0.6 is 0 Å². The van der Waals surface area contributed by atoms with E-state index >= 15 is 0 Å². The molecule has 2 aliphatic heterocycles. The monoisotopic (exact) mass is 788 g/mol. The number of nitrogens with zero attached hydrogens (tertiary/aromatic N) is 4. The Balaban J connectivity index is 1.02. The molecule has 58 heavy (non-hydrogen) atoms. The number of aromatic amines is 2. The zero-order valence-corrected chi connectivity index (χ0v) is 33.9. The number of fused-ring (bicyclic) bond motifs is 1. The Kier molecular flexibility index (Phi) is 11.8. The molecule has 3 aromatic carbocycles. The van der Waals surface area contributed by atoms with E-state index in [-0.39, 0.29) is 35.7 Å². The molecule has 4 heterocycles. The van der Waals surface area contributed by atoms with E-state index in [9.17, 15) is 19.2 Å². The third-order valence-corrected chi connectivity index (χ3v) is 11.4. The van der Waals surface area contributed by atoms with Crippen LogP contribution in [-0.4, -0.2) is 93.1 Å². The lowest BCUT2D eigenvalue weighted by Crippen LogP contribution is -2.51. The highest BCUT2D eigenvalue weighted by atomic mass is 16.5. The van der Waals surface area contributed by atoms with Crippen molar-refractivity contribution in [1.82, 2.24) is 40.4 Å². The van der Waals surface area contributed by atoms with E-state index in [1.807, 2.05) is 49.9 Å². The molecular formula is C44H52N8O6. The largest absolute Gasteiger partial charge is 0.453 e. The molecule has 0 unspecified atom stereocenters. The first-order valence-corrected chi connectivity index (χ1v) is 20.0. The lowest BCUT2D eigenvalue weighted by atomic mass is 9.98. The fraction of sp³-hybridized carbons (Fsp3) is 0.409. The number of H-pyrrole nitrogens is 2. The number of carbonyl (C=O) groups excluding carboxylic acids is 4. The molecule has 7 rings (SSSR count). The number of alkyl carbamates (subject to hydrolysis) is 2. The molecular weight excluding hydrogens is 737 g/mol. The first-order valence-electron chi connectivity index (χ1n) is 20.0. The van der Waals surface area contributed by atoms with Gasteiger partial charge in [0.05, 0.1) is 50.1 Å². The molecule has 0 bridgehead atoms. The van der Waals surface area contributed by atoms with Crippen molar-refractivity contribution in [3.63, 3.8) is 0 Å². The second-order valence-corrected chi connectivity index (χ2v) is 15.8. The average Bonchev–Trinajstić information content (AvgIpc) is 4.07. The van der Waals surface area contributed by atoms with E-state index in [0.29, 0.717) is 13.1 Å². The molecule has 14 nitrogen and oxygen atoms in total. The summed E-state index contributed by atoms with van der Waals surface area (Å²) in [5, 5.41) is 7.59. The van der Waals surface area contributed by atoms with Crippen LogP contribution in [0.3, 0.4) is 0 Å². The lowest BCUT2D eigenvalue weighted by molar-refractivity contribution is -0.136. The number of ether oxygens (including phenoxy) is 2. The van der Waals surface area contributed by atoms with Gasteiger partial charge in [0.15, 0.2) is 0 Å². The van der Waals surface area contributed by atoms with Crippen LogP contribution < -0.4 is 10.6 Å². The predicted octanol–water partition coefficient (Wildman–Crippen LogP) is 7.38. The van der Waals surface area contributed by atoms with E-state index in [1.54, 1.807) is 0 Å². The van der Waals surface area contributed by atoms with Crippen molar-refractivity contribution in [2.45, 2.75) is 77.5 Å². The highest BCUT2D eigenvalue weighted by Crippen LogP contribution is 2.35. The Morgan fingerprint density at radius 3 is 1.50 bits per heavy atom. The predicted molar refractivity (Wildman–Crippen MR) is 220 cm³/mol. The van der Waals surface area contributed by atoms with Crippen molar-refractivity contribution >= 4 is 34.8 Å². The van der Waals surface area contributed by atoms with Crippen molar-refractivity contribution in [2.24, 2.45) is 11.8 Å². The van der Waals surface area contributed by atoms with Gasteiger partial charge in [0.25, 0.3) is 0 Å². The van der Waals surface area contributed by atoms with Crippen LogP contribution in [0.5, 0.6) is 0 Å². The summed E-state index contributed by atoms with van der Waals surface area (Å²) < 4.78 is 9.53. The third-order valence-electron chi connectivity index (χ3n) is 11.4. The Morgan fingerprint density at radius 1 is 0.621 bits per heavy atom. The molecule has 0 spiro atoms. The van der Waals surface area contributed by atoms with Gasteiger partial charge in [-0.1, -0.05) is 76.2 Å². The van der Waals surface area contributed by atoms with Gasteiger partial charge in [-0.2, -0.15) is 0 Å². The van der Waals surface area contributed by atoms with Gasteiger partial charge < -0.3 is 39.9 Å². The minimum atomic E-state index is -0.688. The van der Waals surface area contributed by atoms with E-state index in [4.69, 9.17) is 14.5 Å². The quantitative estimate of drug-likeness (QED) is 0.107. The van der Waals surface area contributed by atoms with Crippen LogP contribution in [0.2, 0.25) is 0 Å². The zero-order valence-electron chi connectivity index (χ0n) is 33.9. The molecule has 5 aromatic rings. The van der Waals surface area contributed by atoms with Crippen molar-refractivity contribution in [3.05, 3.63) is 84.7 Å². The number of hydrogen-bond donors (Lipinski definition) is 4. The van der Waals surface area contributed by atoms with Gasteiger partial charge in [0.1, 0.15) is 23.7 Å². The van der Waals surface area contributed by atoms with Crippen molar-refractivity contribution in [1.29, 1.82) is 0 Å². The first kappa shape index (κ1) is 40.0. The van der Waals surface area contributed by atoms with Gasteiger partial charge in [-0.15, -0.1) is 0 Å². The molecule has 0 aliphatic carbocycles. The maximum absolute atomic E-state index is 13.6. The topological polar surface area (TPSA) is 175 Å². The summed E-state index contributed by atoms with van der Waals surface area (Å²) in [4.78, 5) is 71.0. The Labute approximate surface area is 338 Å². The van der Waals surface area contributed by atoms with Crippen LogP contribution in [0, 0.1) is 11.8 Å². The van der Waals surface area contributed by atoms with Crippen LogP contribution in [0.25, 0.3) is 44.4 Å². The number of likely N-dealkylation sites (tertiary alicyclic amines) is 2. The summed E-state index contributed by atoms with van der Waals surface area (Å²) in [7, 11) is 2.58. The molecule has 2 saturated heterocycles. The highest BCUT2D eigenvalue weighted by molar-refractivity contribution is 5.91. The van der Waals surface area contributed by atoms with Gasteiger partial charge in [-0.05, 0) is 77.1 Å². The molecule has 0 saturated carbocycles. The summed E-state index contributed by atoms with van der Waals surface area (Å²) in [5.74, 6) is 0.972. The van der Waals surface area contributed by atoms with Crippen molar-refractivity contribution in [3.8, 4) is 33.6 Å². The van der Waals surface area contributed by atoms with Gasteiger partial charge in [0.2, 0.25) is 11.8 Å². The zero-order chi connectivity index (χ0) is 41.1. The number of hydrogen-bond acceptors (Lipinski definition) is 8. The Hall–Kier alpha value is -6.18. The van der Waals surface area contributed by atoms with Crippen LogP contribution in [0.4, 0.5) is 9.59 Å². The van der Waals surface area contributed by atoms with Crippen molar-refractivity contribution in [2.75, 3.05) is 27.3 Å². The van der Waals surface area contributed by atoms with Crippen LogP contribution in [0.15, 0.2) is 73.1 Å². The van der Waals surface area contributed by atoms with Gasteiger partial charge in [0, 0.05) is 18.7 Å². The summed E-state index contributed by atoms with van der Waals surface area (Å²) >= 11 is 0. The fourth-order valence-corrected chi connectivity index (χ4v) is 8.13. The molecule has 0 radical (unpaired) electrons. The number of rotatable bonds is 11. The normalized spacial score (nSPS) is 17.8. The Morgan fingerprint density at radius 2 is 1.03 bits per heavy atom. The van der Waals surface area contributed by atoms with Gasteiger partial charge >= 0.3 is 12.2 Å². The van der Waals surface area contributed by atoms with E-state index in [0.717, 1.165) is 81.7 Å². The second-order valence-electron chi connectivity index (χ2n) is 15.8. The molecule has 2 aliphatic rings. The summed E-state index contributed by atoms with van der Waals surface area (Å²) in [5.41, 5.74) is 5.88. The third kappa shape index (κ3) is 8.27. The van der Waals surface area contributed by atoms with Gasteiger partial charge in [-0.25, -0.2) is 19.6 Å². The van der Waals surface area contributed by atoms with Crippen LogP contribution in [-0.2, 0) is 19.1 Å². The molecule has 2 aromatic heterocycles. The maximum Gasteiger partial charge on any atom is 0.407 e. The summed E-state index contributed by atoms with van der Waals surface area (Å²) in [6.07, 6.45) is 5.65. The number of benzene rings is 3. The molecule has 304 valence electrons. The van der Waals surface area contributed by atoms with E-state index in [2.05, 4.69) is 86.2 Å². The van der Waals surface area contributed by atoms with Gasteiger partial charge in [-0.3, -0.25) is 9.59 Å². The maximum atomic E-state index is 13.6. The number of methoxy groups -OCH3 is 2. The van der Waals surface area contributed by atoms with E-state index < -0.39 is 24.3 Å². The molecule has 4 amide bonds. The molecule has 14 heteroatoms. The number of amides is 4. The lowest BCUT2D eigenvalue weighted by Gasteiger charge is -2.30. The SMILES string of the molecule is COC(=O)N[C@@H](C(=O)N1CCC[C@H]1c1ncc(-c2ccc(-c3ccc4cc(-c5cnc([C@@H]6CCCN6C(=O)[C@H](NC(=O)OC)C(C)C)[nH]5)ccc4c3)cc2)[nH]1)C(C)C. The number of nitrogens with one attached hydrogen (secondary N) is 4. The number of aromatic nitrogens is 4. The van der Waals surface area contributed by atoms with Crippen molar-refractivity contribution < 1.29 is 28.7 Å². The summed E-state index contributed by atoms with van der Waals surface area (Å²) in [6, 6.07) is 19.3. The number of imidazole rings is 2. The van der Waals surface area contributed by atoms with Crippen LogP contribution in [0.1, 0.15) is 77.1 Å². The molecule has 4 N–H and O–H groups in total. The fourth-order valence-electron chi connectivity index (χ4n) is 8.13.